The molecule has 2 heterocycles. The third-order valence-electron chi connectivity index (χ3n) is 5.21. The molecule has 0 aromatic heterocycles. The lowest BCUT2D eigenvalue weighted by molar-refractivity contribution is -0.114. The summed E-state index contributed by atoms with van der Waals surface area (Å²) in [5.74, 6) is -1.61. The molecule has 3 N–H and O–H groups in total. The Morgan fingerprint density at radius 2 is 1.69 bits per heavy atom. The van der Waals surface area contributed by atoms with Crippen LogP contribution in [0.5, 0.6) is 0 Å². The van der Waals surface area contributed by atoms with E-state index in [0.717, 1.165) is 11.8 Å². The number of fused-ring (bicyclic) bond motifs is 1. The van der Waals surface area contributed by atoms with Gasteiger partial charge in [0.25, 0.3) is 11.8 Å². The van der Waals surface area contributed by atoms with Crippen LogP contribution in [-0.4, -0.2) is 25.4 Å². The predicted molar refractivity (Wildman–Crippen MR) is 133 cm³/mol. The Kier molecular flexibility index (Phi) is 5.72. The van der Waals surface area contributed by atoms with E-state index in [2.05, 4.69) is 10.3 Å². The summed E-state index contributed by atoms with van der Waals surface area (Å²) in [7, 11) is -3.88. The molecular formula is C23H14ClFN4O4S2. The van der Waals surface area contributed by atoms with Gasteiger partial charge in [0, 0.05) is 16.3 Å². The molecule has 5 rings (SSSR count). The number of hydrogen-bond donors (Lipinski definition) is 2. The second kappa shape index (κ2) is 8.61. The number of hydrogen-bond acceptors (Lipinski definition) is 6. The summed E-state index contributed by atoms with van der Waals surface area (Å²) in [4.78, 5) is 32.1. The van der Waals surface area contributed by atoms with Crippen LogP contribution in [0.2, 0.25) is 5.02 Å². The van der Waals surface area contributed by atoms with E-state index in [4.69, 9.17) is 16.7 Å². The molecule has 0 unspecified atom stereocenters. The van der Waals surface area contributed by atoms with Crippen molar-refractivity contribution in [3.63, 3.8) is 0 Å². The Labute approximate surface area is 208 Å². The number of thioether (sulfide) groups is 1. The van der Waals surface area contributed by atoms with Crippen molar-refractivity contribution in [3.05, 3.63) is 88.0 Å². The number of carbonyl (C=O) groups excluding carboxylic acids is 2. The molecule has 1 saturated heterocycles. The Bertz CT molecular complexity index is 1570. The summed E-state index contributed by atoms with van der Waals surface area (Å²) in [6.45, 7) is 0. The van der Waals surface area contributed by atoms with Crippen LogP contribution in [-0.2, 0) is 19.6 Å². The zero-order valence-corrected chi connectivity index (χ0v) is 19.9. The number of carbonyl (C=O) groups is 2. The van der Waals surface area contributed by atoms with Gasteiger partial charge in [-0.15, -0.1) is 0 Å². The minimum atomic E-state index is -3.88. The number of rotatable bonds is 3. The Morgan fingerprint density at radius 1 is 1.00 bits per heavy atom. The molecule has 2 aliphatic heterocycles. The van der Waals surface area contributed by atoms with Gasteiger partial charge in [0.1, 0.15) is 5.82 Å². The second-order valence-corrected chi connectivity index (χ2v) is 10.5. The van der Waals surface area contributed by atoms with Crippen molar-refractivity contribution >= 4 is 73.0 Å². The van der Waals surface area contributed by atoms with Crippen molar-refractivity contribution < 1.29 is 22.4 Å². The third-order valence-corrected chi connectivity index (χ3v) is 7.43. The lowest BCUT2D eigenvalue weighted by Crippen LogP contribution is -2.29. The van der Waals surface area contributed by atoms with Crippen molar-refractivity contribution in [3.8, 4) is 0 Å². The highest BCUT2D eigenvalue weighted by Gasteiger charge is 2.41. The summed E-state index contributed by atoms with van der Waals surface area (Å²) in [5.41, 5.74) is 1.51. The zero-order chi connectivity index (χ0) is 24.9. The van der Waals surface area contributed by atoms with E-state index in [0.29, 0.717) is 22.1 Å². The Hall–Kier alpha value is -3.51. The normalized spacial score (nSPS) is 18.8. The van der Waals surface area contributed by atoms with Crippen LogP contribution in [0.15, 0.2) is 81.5 Å². The van der Waals surface area contributed by atoms with Crippen LogP contribution in [0.4, 0.5) is 21.5 Å². The number of benzene rings is 3. The summed E-state index contributed by atoms with van der Waals surface area (Å²) in [5, 5.41) is 8.46. The highest BCUT2D eigenvalue weighted by atomic mass is 35.5. The summed E-state index contributed by atoms with van der Waals surface area (Å²) in [6, 6.07) is 15.8. The first-order valence-corrected chi connectivity index (χ1v) is 12.7. The summed E-state index contributed by atoms with van der Waals surface area (Å²) < 4.78 is 37.0. The van der Waals surface area contributed by atoms with E-state index in [1.54, 1.807) is 24.3 Å². The van der Waals surface area contributed by atoms with E-state index in [9.17, 15) is 22.4 Å². The quantitative estimate of drug-likeness (QED) is 0.492. The first-order chi connectivity index (χ1) is 16.6. The number of amidine groups is 1. The number of sulfonamides is 1. The Balaban J connectivity index is 1.65. The third kappa shape index (κ3) is 4.34. The van der Waals surface area contributed by atoms with E-state index in [1.165, 1.54) is 47.4 Å². The number of nitrogens with zero attached hydrogens (tertiary/aromatic N) is 2. The monoisotopic (exact) mass is 528 g/mol. The lowest BCUT2D eigenvalue weighted by Gasteiger charge is -2.15. The highest BCUT2D eigenvalue weighted by molar-refractivity contribution is 8.19. The van der Waals surface area contributed by atoms with Gasteiger partial charge in [-0.2, -0.15) is 0 Å². The average Bonchev–Trinajstić information content (AvgIpc) is 3.29. The second-order valence-electron chi connectivity index (χ2n) is 7.50. The molecule has 0 aliphatic carbocycles. The fourth-order valence-corrected chi connectivity index (χ4v) is 5.34. The minimum absolute atomic E-state index is 0.0447. The van der Waals surface area contributed by atoms with Crippen molar-refractivity contribution in [1.82, 2.24) is 0 Å². The molecule has 1 fully saturated rings. The fourth-order valence-electron chi connectivity index (χ4n) is 3.60. The predicted octanol–water partition coefficient (Wildman–Crippen LogP) is 4.26. The zero-order valence-electron chi connectivity index (χ0n) is 17.5. The lowest BCUT2D eigenvalue weighted by atomic mass is 10.1. The number of nitrogens with one attached hydrogen (secondary N) is 1. The molecule has 35 heavy (non-hydrogen) atoms. The van der Waals surface area contributed by atoms with Gasteiger partial charge < -0.3 is 5.32 Å². The van der Waals surface area contributed by atoms with Gasteiger partial charge in [-0.25, -0.2) is 22.9 Å². The van der Waals surface area contributed by atoms with Crippen molar-refractivity contribution in [1.29, 1.82) is 0 Å². The van der Waals surface area contributed by atoms with Gasteiger partial charge in [0.2, 0.25) is 10.0 Å². The van der Waals surface area contributed by atoms with Crippen LogP contribution < -0.4 is 15.4 Å². The summed E-state index contributed by atoms with van der Waals surface area (Å²) in [6.07, 6.45) is 0. The molecule has 0 saturated carbocycles. The maximum absolute atomic E-state index is 14.0. The van der Waals surface area contributed by atoms with Crippen LogP contribution >= 0.6 is 23.4 Å². The van der Waals surface area contributed by atoms with Crippen LogP contribution in [0.1, 0.15) is 5.56 Å². The van der Waals surface area contributed by atoms with Crippen LogP contribution in [0.25, 0.3) is 5.57 Å². The van der Waals surface area contributed by atoms with Gasteiger partial charge >= 0.3 is 0 Å². The smallest absolute Gasteiger partial charge is 0.272 e. The van der Waals surface area contributed by atoms with Gasteiger partial charge in [-0.1, -0.05) is 11.6 Å². The Morgan fingerprint density at radius 3 is 2.34 bits per heavy atom. The fraction of sp³-hybridized carbons (Fsp3) is 0. The van der Waals surface area contributed by atoms with E-state index in [-0.39, 0.29) is 26.1 Å². The van der Waals surface area contributed by atoms with Crippen molar-refractivity contribution in [2.24, 2.45) is 10.1 Å². The first-order valence-electron chi connectivity index (χ1n) is 9.97. The van der Waals surface area contributed by atoms with Crippen molar-refractivity contribution in [2.75, 3.05) is 10.2 Å². The largest absolute Gasteiger partial charge is 0.321 e. The molecule has 2 aliphatic rings. The molecular weight excluding hydrogens is 515 g/mol. The molecule has 176 valence electrons. The number of amides is 2. The number of halogens is 2. The van der Waals surface area contributed by atoms with E-state index in [1.807, 2.05) is 0 Å². The minimum Gasteiger partial charge on any atom is -0.321 e. The van der Waals surface area contributed by atoms with E-state index < -0.39 is 27.7 Å². The number of aliphatic imine (C=N–C) groups is 1. The number of nitrogens with two attached hydrogens (primary N) is 1. The summed E-state index contributed by atoms with van der Waals surface area (Å²) >= 11 is 6.95. The molecule has 3 aromatic carbocycles. The van der Waals surface area contributed by atoms with E-state index >= 15 is 0 Å². The average molecular weight is 529 g/mol. The van der Waals surface area contributed by atoms with Gasteiger partial charge in [-0.3, -0.25) is 14.5 Å². The maximum atomic E-state index is 14.0. The molecule has 0 radical (unpaired) electrons. The molecule has 3 aromatic rings. The number of anilines is 2. The molecule has 0 spiro atoms. The number of primary sulfonamides is 1. The topological polar surface area (TPSA) is 122 Å². The van der Waals surface area contributed by atoms with Gasteiger partial charge in [0.05, 0.1) is 26.7 Å². The molecule has 0 bridgehead atoms. The van der Waals surface area contributed by atoms with Gasteiger partial charge in [0.15, 0.2) is 5.17 Å². The van der Waals surface area contributed by atoms with Crippen LogP contribution in [0, 0.1) is 5.82 Å². The molecule has 2 amide bonds. The first kappa shape index (κ1) is 23.2. The standard InChI is InChI=1S/C23H14ClFN4O4S2/c24-12-1-6-15(7-2-12)29-22(31)20(19-17-11-13(25)3-10-18(17)28-21(19)30)34-23(29)27-14-4-8-16(9-5-14)35(26,32)33/h1-11H,(H,28,30)(H2,26,32,33)/b20-19-,27-23-. The van der Waals surface area contributed by atoms with Crippen LogP contribution in [0.3, 0.4) is 0 Å². The van der Waals surface area contributed by atoms with Crippen molar-refractivity contribution in [2.45, 2.75) is 4.90 Å². The molecule has 8 nitrogen and oxygen atoms in total. The van der Waals surface area contributed by atoms with Gasteiger partial charge in [-0.05, 0) is 78.5 Å². The maximum Gasteiger partial charge on any atom is 0.272 e. The molecule has 12 heteroatoms. The SMILES string of the molecule is NS(=O)(=O)c1ccc(/N=C2\S/C(=C3\C(=O)Nc4ccc(F)cc43)C(=O)N2c2ccc(Cl)cc2)cc1. The molecule has 0 atom stereocenters. The highest BCUT2D eigenvalue weighted by Crippen LogP contribution is 2.44.